The normalized spacial score (nSPS) is 19.5. The van der Waals surface area contributed by atoms with E-state index in [-0.39, 0.29) is 5.91 Å². The lowest BCUT2D eigenvalue weighted by molar-refractivity contribution is 0.0383. The zero-order chi connectivity index (χ0) is 17.5. The van der Waals surface area contributed by atoms with Gasteiger partial charge in [-0.1, -0.05) is 12.8 Å². The number of anilines is 1. The van der Waals surface area contributed by atoms with Gasteiger partial charge in [-0.15, -0.1) is 0 Å². The van der Waals surface area contributed by atoms with E-state index in [4.69, 9.17) is 4.74 Å². The first-order valence-electron chi connectivity index (χ1n) is 9.41. The highest BCUT2D eigenvalue weighted by Gasteiger charge is 2.17. The Bertz CT molecular complexity index is 567. The van der Waals surface area contributed by atoms with Crippen LogP contribution in [-0.2, 0) is 4.74 Å². The van der Waals surface area contributed by atoms with E-state index in [1.807, 2.05) is 6.92 Å². The van der Waals surface area contributed by atoms with Crippen molar-refractivity contribution >= 4 is 11.9 Å². The molecule has 7 heteroatoms. The summed E-state index contributed by atoms with van der Waals surface area (Å²) in [6.45, 7) is 8.76. The molecule has 2 saturated heterocycles. The van der Waals surface area contributed by atoms with Crippen molar-refractivity contribution in [2.24, 2.45) is 0 Å². The van der Waals surface area contributed by atoms with Gasteiger partial charge in [0.15, 0.2) is 0 Å². The maximum absolute atomic E-state index is 12.5. The monoisotopic (exact) mass is 347 g/mol. The van der Waals surface area contributed by atoms with Gasteiger partial charge in [0.25, 0.3) is 5.91 Å². The Morgan fingerprint density at radius 3 is 2.56 bits per heavy atom. The van der Waals surface area contributed by atoms with Gasteiger partial charge in [-0.05, 0) is 25.8 Å². The Balaban J connectivity index is 1.57. The second-order valence-electron chi connectivity index (χ2n) is 6.81. The van der Waals surface area contributed by atoms with Gasteiger partial charge in [0.05, 0.1) is 13.2 Å². The number of aryl methyl sites for hydroxylation is 1. The Morgan fingerprint density at radius 2 is 1.84 bits per heavy atom. The molecule has 2 fully saturated rings. The third-order valence-corrected chi connectivity index (χ3v) is 4.78. The minimum Gasteiger partial charge on any atom is -0.379 e. The van der Waals surface area contributed by atoms with Gasteiger partial charge in [-0.3, -0.25) is 9.69 Å². The van der Waals surface area contributed by atoms with E-state index < -0.39 is 0 Å². The summed E-state index contributed by atoms with van der Waals surface area (Å²) in [4.78, 5) is 26.1. The van der Waals surface area contributed by atoms with Crippen molar-refractivity contribution in [2.75, 3.05) is 57.4 Å². The lowest BCUT2D eigenvalue weighted by atomic mass is 10.2. The first kappa shape index (κ1) is 18.1. The van der Waals surface area contributed by atoms with E-state index in [1.54, 1.807) is 6.07 Å². The molecule has 1 aromatic heterocycles. The second-order valence-corrected chi connectivity index (χ2v) is 6.81. The molecule has 0 aliphatic carbocycles. The summed E-state index contributed by atoms with van der Waals surface area (Å²) in [5, 5.41) is 2.99. The van der Waals surface area contributed by atoms with Gasteiger partial charge in [-0.25, -0.2) is 9.97 Å². The third kappa shape index (κ3) is 5.37. The largest absolute Gasteiger partial charge is 0.379 e. The maximum Gasteiger partial charge on any atom is 0.270 e. The third-order valence-electron chi connectivity index (χ3n) is 4.78. The number of carbonyl (C=O) groups is 1. The average Bonchev–Trinajstić information content (AvgIpc) is 2.91. The topological polar surface area (TPSA) is 70.6 Å². The first-order valence-corrected chi connectivity index (χ1v) is 9.41. The van der Waals surface area contributed by atoms with Crippen molar-refractivity contribution in [3.05, 3.63) is 17.5 Å². The fourth-order valence-electron chi connectivity index (χ4n) is 3.32. The molecule has 3 heterocycles. The Labute approximate surface area is 149 Å². The number of aromatic nitrogens is 2. The summed E-state index contributed by atoms with van der Waals surface area (Å²) in [6, 6.07) is 1.77. The number of hydrogen-bond acceptors (Lipinski definition) is 6. The zero-order valence-corrected chi connectivity index (χ0v) is 15.2. The molecule has 1 N–H and O–H groups in total. The van der Waals surface area contributed by atoms with Crippen LogP contribution in [0.3, 0.4) is 0 Å². The molecule has 138 valence electrons. The Hall–Kier alpha value is -1.73. The van der Waals surface area contributed by atoms with Gasteiger partial charge in [0, 0.05) is 45.0 Å². The van der Waals surface area contributed by atoms with E-state index in [0.717, 1.165) is 51.6 Å². The van der Waals surface area contributed by atoms with Crippen LogP contribution >= 0.6 is 0 Å². The molecule has 25 heavy (non-hydrogen) atoms. The van der Waals surface area contributed by atoms with Gasteiger partial charge in [-0.2, -0.15) is 0 Å². The summed E-state index contributed by atoms with van der Waals surface area (Å²) in [7, 11) is 0. The smallest absolute Gasteiger partial charge is 0.270 e. The van der Waals surface area contributed by atoms with Crippen molar-refractivity contribution in [1.82, 2.24) is 20.2 Å². The zero-order valence-electron chi connectivity index (χ0n) is 15.2. The summed E-state index contributed by atoms with van der Waals surface area (Å²) < 4.78 is 5.34. The van der Waals surface area contributed by atoms with Crippen molar-refractivity contribution in [2.45, 2.75) is 32.6 Å². The summed E-state index contributed by atoms with van der Waals surface area (Å²) in [6.07, 6.45) is 4.85. The maximum atomic E-state index is 12.5. The molecule has 0 spiro atoms. The van der Waals surface area contributed by atoms with Crippen molar-refractivity contribution in [3.63, 3.8) is 0 Å². The average molecular weight is 347 g/mol. The van der Waals surface area contributed by atoms with Crippen molar-refractivity contribution in [3.8, 4) is 0 Å². The van der Waals surface area contributed by atoms with E-state index in [2.05, 4.69) is 25.1 Å². The molecule has 1 aromatic rings. The molecule has 0 radical (unpaired) electrons. The minimum atomic E-state index is -0.116. The number of amides is 1. The number of ether oxygens (including phenoxy) is 1. The molecule has 2 aliphatic heterocycles. The lowest BCUT2D eigenvalue weighted by Gasteiger charge is -2.26. The first-order chi connectivity index (χ1) is 12.2. The molecule has 0 unspecified atom stereocenters. The lowest BCUT2D eigenvalue weighted by Crippen LogP contribution is -2.41. The molecule has 2 aliphatic rings. The van der Waals surface area contributed by atoms with Crippen LogP contribution in [0.1, 0.15) is 41.9 Å². The molecule has 1 amide bonds. The standard InChI is InChI=1S/C18H29N5O2/c1-15-14-16(17(24)19-6-9-22-10-12-25-13-11-22)21-18(20-15)23-7-4-2-3-5-8-23/h14H,2-13H2,1H3,(H,19,24). The summed E-state index contributed by atoms with van der Waals surface area (Å²) in [5.41, 5.74) is 1.31. The van der Waals surface area contributed by atoms with Gasteiger partial charge in [0.1, 0.15) is 5.69 Å². The van der Waals surface area contributed by atoms with Crippen LogP contribution in [0.25, 0.3) is 0 Å². The fourth-order valence-corrected chi connectivity index (χ4v) is 3.32. The Kier molecular flexibility index (Phi) is 6.58. The molecule has 7 nitrogen and oxygen atoms in total. The van der Waals surface area contributed by atoms with Crippen LogP contribution in [0.4, 0.5) is 5.95 Å². The van der Waals surface area contributed by atoms with E-state index in [1.165, 1.54) is 25.7 Å². The van der Waals surface area contributed by atoms with Crippen molar-refractivity contribution in [1.29, 1.82) is 0 Å². The van der Waals surface area contributed by atoms with Crippen LogP contribution in [0.5, 0.6) is 0 Å². The van der Waals surface area contributed by atoms with Crippen LogP contribution in [-0.4, -0.2) is 73.3 Å². The quantitative estimate of drug-likeness (QED) is 0.864. The summed E-state index contributed by atoms with van der Waals surface area (Å²) >= 11 is 0. The highest BCUT2D eigenvalue weighted by molar-refractivity contribution is 5.92. The number of hydrogen-bond donors (Lipinski definition) is 1. The van der Waals surface area contributed by atoms with Crippen LogP contribution in [0, 0.1) is 6.92 Å². The van der Waals surface area contributed by atoms with Gasteiger partial charge in [0.2, 0.25) is 5.95 Å². The number of rotatable bonds is 5. The number of nitrogens with zero attached hydrogens (tertiary/aromatic N) is 4. The predicted molar refractivity (Wildman–Crippen MR) is 97.0 cm³/mol. The molecule has 0 bridgehead atoms. The van der Waals surface area contributed by atoms with Crippen LogP contribution in [0.15, 0.2) is 6.07 Å². The van der Waals surface area contributed by atoms with Crippen LogP contribution in [0.2, 0.25) is 0 Å². The van der Waals surface area contributed by atoms with E-state index >= 15 is 0 Å². The highest BCUT2D eigenvalue weighted by atomic mass is 16.5. The molecule has 0 saturated carbocycles. The molecular formula is C18H29N5O2. The number of nitrogens with one attached hydrogen (secondary N) is 1. The van der Waals surface area contributed by atoms with Gasteiger partial charge >= 0.3 is 0 Å². The fraction of sp³-hybridized carbons (Fsp3) is 0.722. The van der Waals surface area contributed by atoms with E-state index in [0.29, 0.717) is 18.2 Å². The van der Waals surface area contributed by atoms with Crippen LogP contribution < -0.4 is 10.2 Å². The second kappa shape index (κ2) is 9.10. The van der Waals surface area contributed by atoms with Crippen molar-refractivity contribution < 1.29 is 9.53 Å². The van der Waals surface area contributed by atoms with E-state index in [9.17, 15) is 4.79 Å². The molecular weight excluding hydrogens is 318 g/mol. The number of morpholine rings is 1. The summed E-state index contributed by atoms with van der Waals surface area (Å²) in [5.74, 6) is 0.579. The minimum absolute atomic E-state index is 0.116. The predicted octanol–water partition coefficient (Wildman–Crippen LogP) is 1.23. The Morgan fingerprint density at radius 1 is 1.12 bits per heavy atom. The molecule has 0 atom stereocenters. The number of carbonyl (C=O) groups excluding carboxylic acids is 1. The molecule has 0 aromatic carbocycles. The van der Waals surface area contributed by atoms with Gasteiger partial charge < -0.3 is 15.0 Å². The highest BCUT2D eigenvalue weighted by Crippen LogP contribution is 2.16. The molecule has 3 rings (SSSR count). The SMILES string of the molecule is Cc1cc(C(=O)NCCN2CCOCC2)nc(N2CCCCCC2)n1.